The largest absolute Gasteiger partial charge is 0.416 e. The Kier molecular flexibility index (Phi) is 17.6. The predicted molar refractivity (Wildman–Crippen MR) is 206 cm³/mol. The van der Waals surface area contributed by atoms with Gasteiger partial charge in [0.15, 0.2) is 0 Å². The number of rotatable bonds is 4. The zero-order valence-corrected chi connectivity index (χ0v) is 32.1. The second kappa shape index (κ2) is 20.4. The van der Waals surface area contributed by atoms with E-state index in [1.54, 1.807) is 32.6 Å². The van der Waals surface area contributed by atoms with Crippen LogP contribution >= 0.6 is 24.0 Å². The van der Waals surface area contributed by atoms with E-state index in [-0.39, 0.29) is 48.3 Å². The van der Waals surface area contributed by atoms with Crippen molar-refractivity contribution in [1.82, 2.24) is 29.1 Å². The Morgan fingerprint density at radius 3 is 1.40 bits per heavy atom. The summed E-state index contributed by atoms with van der Waals surface area (Å²) in [5.41, 5.74) is 4.58. The highest BCUT2D eigenvalue weighted by molar-refractivity contribution is 14.0. The summed E-state index contributed by atoms with van der Waals surface area (Å²) < 4.78 is 115. The number of non-ortho nitro benzene ring substituents is 2. The molecule has 0 atom stereocenters. The molecule has 0 unspecified atom stereocenters. The van der Waals surface area contributed by atoms with Crippen LogP contribution in [0.15, 0.2) is 92.2 Å². The Morgan fingerprint density at radius 2 is 1.05 bits per heavy atom. The van der Waals surface area contributed by atoms with Crippen molar-refractivity contribution in [3.05, 3.63) is 152 Å². The van der Waals surface area contributed by atoms with Crippen molar-refractivity contribution < 1.29 is 49.4 Å². The number of benzene rings is 3. The molecule has 23 heteroatoms. The summed E-state index contributed by atoms with van der Waals surface area (Å²) in [5.74, 6) is 0. The molecule has 0 bridgehead atoms. The Bertz CT molecular complexity index is 2270. The van der Waals surface area contributed by atoms with Crippen molar-refractivity contribution in [3.63, 3.8) is 0 Å². The molecular formula is C35H35F9IN9O4. The van der Waals surface area contributed by atoms with Gasteiger partial charge in [-0.3, -0.25) is 20.2 Å². The van der Waals surface area contributed by atoms with Crippen molar-refractivity contribution in [1.29, 1.82) is 0 Å². The highest BCUT2D eigenvalue weighted by atomic mass is 127. The van der Waals surface area contributed by atoms with Crippen LogP contribution in [-0.4, -0.2) is 38.9 Å². The monoisotopic (exact) mass is 943 g/mol. The average molecular weight is 944 g/mol. The first kappa shape index (κ1) is 50.0. The van der Waals surface area contributed by atoms with Crippen LogP contribution in [0.25, 0.3) is 11.4 Å². The van der Waals surface area contributed by atoms with Crippen LogP contribution in [0.1, 0.15) is 46.8 Å². The molecule has 0 saturated heterocycles. The molecule has 3 heterocycles. The van der Waals surface area contributed by atoms with Gasteiger partial charge in [-0.25, -0.2) is 15.0 Å². The minimum absolute atomic E-state index is 0. The number of nitrogen functional groups attached to an aromatic ring is 1. The molecular weight excluding hydrogens is 908 g/mol. The first-order valence-electron chi connectivity index (χ1n) is 15.5. The Hall–Kier alpha value is -6.01. The molecule has 3 aromatic carbocycles. The number of aromatic nitrogens is 6. The number of aryl methyl sites for hydroxylation is 4. The van der Waals surface area contributed by atoms with E-state index in [1.165, 1.54) is 41.0 Å². The fourth-order valence-corrected chi connectivity index (χ4v) is 4.44. The van der Waals surface area contributed by atoms with Crippen molar-refractivity contribution in [3.8, 4) is 11.4 Å². The summed E-state index contributed by atoms with van der Waals surface area (Å²) in [6.07, 6.45) is -4.28. The molecule has 0 fully saturated rings. The normalized spacial score (nSPS) is 10.9. The zero-order chi connectivity index (χ0) is 42.2. The lowest BCUT2D eigenvalue weighted by atomic mass is 10.1. The van der Waals surface area contributed by atoms with Crippen molar-refractivity contribution in [2.24, 2.45) is 0 Å². The van der Waals surface area contributed by atoms with Crippen LogP contribution in [0.3, 0.4) is 0 Å². The first-order valence-corrected chi connectivity index (χ1v) is 15.5. The zero-order valence-electron chi connectivity index (χ0n) is 29.8. The van der Waals surface area contributed by atoms with E-state index in [0.717, 1.165) is 47.8 Å². The topological polar surface area (TPSA) is 177 Å². The maximum atomic E-state index is 12.7. The van der Waals surface area contributed by atoms with Gasteiger partial charge in [-0.15, -0.1) is 24.0 Å². The molecule has 0 aliphatic carbocycles. The van der Waals surface area contributed by atoms with Crippen LogP contribution in [0, 0.1) is 47.9 Å². The van der Waals surface area contributed by atoms with Gasteiger partial charge in [0.2, 0.25) is 0 Å². The molecule has 3 N–H and O–H groups in total. The summed E-state index contributed by atoms with van der Waals surface area (Å²) in [7, 11) is 0. The number of nitrogens with zero attached hydrogens (tertiary/aromatic N) is 7. The number of hydrogen-bond donors (Lipinski definition) is 2. The van der Waals surface area contributed by atoms with Gasteiger partial charge >= 0.3 is 18.5 Å². The number of halogens is 10. The summed E-state index contributed by atoms with van der Waals surface area (Å²) >= 11 is 0. The number of imidazole rings is 3. The molecule has 58 heavy (non-hydrogen) atoms. The highest BCUT2D eigenvalue weighted by Gasteiger charge is 2.34. The van der Waals surface area contributed by atoms with E-state index in [1.807, 2.05) is 6.92 Å². The van der Waals surface area contributed by atoms with Crippen LogP contribution in [0.4, 0.5) is 56.6 Å². The summed E-state index contributed by atoms with van der Waals surface area (Å²) in [6, 6.07) is 8.31. The molecule has 0 amide bonds. The van der Waals surface area contributed by atoms with Crippen molar-refractivity contribution in [2.75, 3.05) is 5.73 Å². The van der Waals surface area contributed by atoms with Crippen LogP contribution in [0.2, 0.25) is 0 Å². The third kappa shape index (κ3) is 15.2. The fourth-order valence-electron chi connectivity index (χ4n) is 4.44. The van der Waals surface area contributed by atoms with Gasteiger partial charge in [0, 0.05) is 59.9 Å². The predicted octanol–water partition coefficient (Wildman–Crippen LogP) is 10.8. The lowest BCUT2D eigenvalue weighted by Gasteiger charge is -2.10. The van der Waals surface area contributed by atoms with Gasteiger partial charge < -0.3 is 19.9 Å². The molecule has 0 spiro atoms. The Labute approximate surface area is 341 Å². The number of anilines is 1. The molecule has 13 nitrogen and oxygen atoms in total. The van der Waals surface area contributed by atoms with Gasteiger partial charge in [0.1, 0.15) is 0 Å². The van der Waals surface area contributed by atoms with E-state index < -0.39 is 56.4 Å². The minimum atomic E-state index is -4.64. The van der Waals surface area contributed by atoms with E-state index in [2.05, 4.69) is 19.9 Å². The average Bonchev–Trinajstić information content (AvgIpc) is 3.86. The molecule has 6 rings (SSSR count). The smallest absolute Gasteiger partial charge is 0.399 e. The second-order valence-electron chi connectivity index (χ2n) is 11.7. The van der Waals surface area contributed by atoms with Gasteiger partial charge in [0.25, 0.3) is 11.4 Å². The Balaban J connectivity index is 0.000000402. The van der Waals surface area contributed by atoms with Gasteiger partial charge in [-0.05, 0) is 63.6 Å². The molecule has 0 aliphatic heterocycles. The Morgan fingerprint density at radius 1 is 0.638 bits per heavy atom. The van der Waals surface area contributed by atoms with Crippen molar-refractivity contribution >= 4 is 41.0 Å². The molecule has 6 aromatic rings. The fraction of sp³-hybridized carbons (Fsp3) is 0.229. The third-order valence-corrected chi connectivity index (χ3v) is 6.96. The molecule has 0 aliphatic rings. The summed E-state index contributed by atoms with van der Waals surface area (Å²) in [6.45, 7) is 6.77. The SMILES string of the molecule is C.Cc1cc([N+](=O)[O-])cc(C(F)(F)F)c1.Cc1cn(-c2cc(N)cc(C(F)(F)F)c2)cn1.Cc1cn(-c2cc([N+](=O)[O-])cc(C(F)(F)F)c2)cn1.Cc1cnc[nH]1.I. The maximum Gasteiger partial charge on any atom is 0.416 e. The summed E-state index contributed by atoms with van der Waals surface area (Å²) in [4.78, 5) is 33.7. The number of hydrogen-bond acceptors (Lipinski definition) is 8. The number of alkyl halides is 9. The third-order valence-electron chi connectivity index (χ3n) is 6.96. The summed E-state index contributed by atoms with van der Waals surface area (Å²) in [5, 5.41) is 21.0. The quantitative estimate of drug-likeness (QED) is 0.0577. The van der Waals surface area contributed by atoms with Crippen LogP contribution in [-0.2, 0) is 18.5 Å². The maximum absolute atomic E-state index is 12.7. The standard InChI is InChI=1S/C11H8F3N3O2.C11H10F3N3.C8H6F3NO2.C4H6N2.CH4.HI/c1-7-5-16(6-15-7)9-2-8(11(12,13)14)3-10(4-9)17(18)19;1-7-5-17(6-16-7)10-3-8(11(12,13)14)2-9(15)4-10;1-5-2-6(8(9,10)11)4-7(3-5)12(13)14;1-4-2-5-3-6-4;;/h2-6H,1H3;2-6H,15H2,1H3;2-4H,1H3;2-3H,1H3,(H,5,6);1H4;1H. The first-order chi connectivity index (χ1) is 25.8. The number of aromatic amines is 1. The second-order valence-corrected chi connectivity index (χ2v) is 11.7. The number of nitro groups is 2. The van der Waals surface area contributed by atoms with Gasteiger partial charge in [-0.2, -0.15) is 39.5 Å². The van der Waals surface area contributed by atoms with Gasteiger partial charge in [0.05, 0.1) is 62.6 Å². The van der Waals surface area contributed by atoms with E-state index in [0.29, 0.717) is 23.5 Å². The highest BCUT2D eigenvalue weighted by Crippen LogP contribution is 2.35. The number of nitrogens with one attached hydrogen (secondary N) is 1. The number of H-pyrrole nitrogens is 1. The van der Waals surface area contributed by atoms with E-state index in [9.17, 15) is 59.7 Å². The van der Waals surface area contributed by atoms with Crippen LogP contribution in [0.5, 0.6) is 0 Å². The molecule has 3 aromatic heterocycles. The van der Waals surface area contributed by atoms with E-state index >= 15 is 0 Å². The van der Waals surface area contributed by atoms with E-state index in [4.69, 9.17) is 5.73 Å². The van der Waals surface area contributed by atoms with Crippen molar-refractivity contribution in [2.45, 2.75) is 53.7 Å². The molecule has 314 valence electrons. The minimum Gasteiger partial charge on any atom is -0.399 e. The molecule has 0 radical (unpaired) electrons. The number of nitro benzene ring substituents is 2. The molecule has 0 saturated carbocycles. The lowest BCUT2D eigenvalue weighted by Crippen LogP contribution is -2.07. The number of nitrogens with two attached hydrogens (primary N) is 1. The van der Waals surface area contributed by atoms with Crippen LogP contribution < -0.4 is 5.73 Å². The van der Waals surface area contributed by atoms with Gasteiger partial charge in [-0.1, -0.05) is 7.43 Å². The lowest BCUT2D eigenvalue weighted by molar-refractivity contribution is -0.385.